The lowest BCUT2D eigenvalue weighted by Crippen LogP contribution is -2.30. The van der Waals surface area contributed by atoms with Crippen LogP contribution in [0.5, 0.6) is 11.5 Å². The van der Waals surface area contributed by atoms with Gasteiger partial charge in [0.05, 0.1) is 12.1 Å². The summed E-state index contributed by atoms with van der Waals surface area (Å²) >= 11 is 6.49. The average Bonchev–Trinajstić information content (AvgIpc) is 2.67. The molecule has 0 spiro atoms. The molecule has 2 aromatic carbocycles. The second kappa shape index (κ2) is 10.8. The third-order valence-electron chi connectivity index (χ3n) is 4.99. The minimum absolute atomic E-state index is 0. The normalized spacial score (nSPS) is 14.5. The highest BCUT2D eigenvalue weighted by Crippen LogP contribution is 2.37. The Kier molecular flexibility index (Phi) is 8.75. The fraction of sp³-hybridized carbons (Fsp3) is 0.455. The SMILES string of the molecule is COc1cc(CNC2CCCCC2)cc(Cl)c1OCc1ccc(C)cc1.Cl. The molecule has 0 bridgehead atoms. The number of rotatable bonds is 7. The van der Waals surface area contributed by atoms with E-state index in [1.54, 1.807) is 7.11 Å². The number of aryl methyl sites for hydroxylation is 1. The van der Waals surface area contributed by atoms with Gasteiger partial charge in [0.1, 0.15) is 6.61 Å². The van der Waals surface area contributed by atoms with Crippen LogP contribution >= 0.6 is 24.0 Å². The quantitative estimate of drug-likeness (QED) is 0.600. The Morgan fingerprint density at radius 1 is 1.04 bits per heavy atom. The van der Waals surface area contributed by atoms with Crippen molar-refractivity contribution >= 4 is 24.0 Å². The summed E-state index contributed by atoms with van der Waals surface area (Å²) < 4.78 is 11.5. The third kappa shape index (κ3) is 6.31. The lowest BCUT2D eigenvalue weighted by Gasteiger charge is -2.23. The van der Waals surface area contributed by atoms with E-state index < -0.39 is 0 Å². The molecule has 0 radical (unpaired) electrons. The summed E-state index contributed by atoms with van der Waals surface area (Å²) in [5.41, 5.74) is 3.47. The molecule has 1 N–H and O–H groups in total. The second-order valence-corrected chi connectivity index (χ2v) is 7.51. The van der Waals surface area contributed by atoms with Crippen molar-refractivity contribution in [3.05, 3.63) is 58.1 Å². The van der Waals surface area contributed by atoms with Crippen LogP contribution in [-0.4, -0.2) is 13.2 Å². The van der Waals surface area contributed by atoms with Crippen LogP contribution in [0.25, 0.3) is 0 Å². The fourth-order valence-corrected chi connectivity index (χ4v) is 3.71. The van der Waals surface area contributed by atoms with Crippen LogP contribution in [0.1, 0.15) is 48.8 Å². The summed E-state index contributed by atoms with van der Waals surface area (Å²) in [6, 6.07) is 12.9. The molecule has 0 amide bonds. The molecule has 0 atom stereocenters. The van der Waals surface area contributed by atoms with Gasteiger partial charge in [-0.1, -0.05) is 60.7 Å². The Bertz CT molecular complexity index is 713. The van der Waals surface area contributed by atoms with E-state index >= 15 is 0 Å². The number of nitrogens with one attached hydrogen (secondary N) is 1. The molecule has 0 aromatic heterocycles. The minimum Gasteiger partial charge on any atom is -0.493 e. The summed E-state index contributed by atoms with van der Waals surface area (Å²) in [7, 11) is 1.66. The number of methoxy groups -OCH3 is 1. The smallest absolute Gasteiger partial charge is 0.180 e. The molecule has 0 saturated heterocycles. The van der Waals surface area contributed by atoms with E-state index in [0.29, 0.717) is 29.2 Å². The van der Waals surface area contributed by atoms with E-state index in [4.69, 9.17) is 21.1 Å². The molecule has 27 heavy (non-hydrogen) atoms. The minimum atomic E-state index is 0. The lowest BCUT2D eigenvalue weighted by molar-refractivity contribution is 0.284. The van der Waals surface area contributed by atoms with Gasteiger partial charge in [-0.05, 0) is 43.0 Å². The molecule has 5 heteroatoms. The third-order valence-corrected chi connectivity index (χ3v) is 5.27. The molecular weight excluding hydrogens is 381 g/mol. The summed E-state index contributed by atoms with van der Waals surface area (Å²) in [6.07, 6.45) is 6.55. The molecule has 1 aliphatic rings. The number of ether oxygens (including phenoxy) is 2. The van der Waals surface area contributed by atoms with Gasteiger partial charge < -0.3 is 14.8 Å². The molecule has 3 rings (SSSR count). The topological polar surface area (TPSA) is 30.5 Å². The molecule has 0 aliphatic heterocycles. The van der Waals surface area contributed by atoms with Gasteiger partial charge in [0.2, 0.25) is 0 Å². The maximum atomic E-state index is 6.49. The average molecular weight is 410 g/mol. The molecular formula is C22H29Cl2NO2. The highest BCUT2D eigenvalue weighted by Gasteiger charge is 2.15. The van der Waals surface area contributed by atoms with Crippen molar-refractivity contribution in [2.45, 2.75) is 58.2 Å². The van der Waals surface area contributed by atoms with Gasteiger partial charge in [0.15, 0.2) is 11.5 Å². The Labute approximate surface area is 173 Å². The van der Waals surface area contributed by atoms with E-state index in [2.05, 4.69) is 36.5 Å². The first-order valence-electron chi connectivity index (χ1n) is 9.44. The van der Waals surface area contributed by atoms with Gasteiger partial charge in [-0.2, -0.15) is 0 Å². The van der Waals surface area contributed by atoms with Crippen molar-refractivity contribution in [1.82, 2.24) is 5.32 Å². The predicted octanol–water partition coefficient (Wildman–Crippen LogP) is 6.08. The van der Waals surface area contributed by atoms with Gasteiger partial charge in [-0.15, -0.1) is 12.4 Å². The Morgan fingerprint density at radius 2 is 1.74 bits per heavy atom. The zero-order valence-corrected chi connectivity index (χ0v) is 17.7. The zero-order valence-electron chi connectivity index (χ0n) is 16.1. The first-order valence-corrected chi connectivity index (χ1v) is 9.81. The summed E-state index contributed by atoms with van der Waals surface area (Å²) in [5.74, 6) is 1.29. The van der Waals surface area contributed by atoms with Crippen molar-refractivity contribution in [2.75, 3.05) is 7.11 Å². The molecule has 148 valence electrons. The number of hydrogen-bond acceptors (Lipinski definition) is 3. The van der Waals surface area contributed by atoms with E-state index in [9.17, 15) is 0 Å². The van der Waals surface area contributed by atoms with Crippen molar-refractivity contribution < 1.29 is 9.47 Å². The number of hydrogen-bond donors (Lipinski definition) is 1. The van der Waals surface area contributed by atoms with Crippen LogP contribution in [0.3, 0.4) is 0 Å². The van der Waals surface area contributed by atoms with Crippen molar-refractivity contribution in [2.24, 2.45) is 0 Å². The summed E-state index contributed by atoms with van der Waals surface area (Å²) in [5, 5.41) is 4.24. The van der Waals surface area contributed by atoms with E-state index in [1.165, 1.54) is 37.7 Å². The molecule has 0 unspecified atom stereocenters. The monoisotopic (exact) mass is 409 g/mol. The molecule has 1 aliphatic carbocycles. The van der Waals surface area contributed by atoms with Gasteiger partial charge >= 0.3 is 0 Å². The van der Waals surface area contributed by atoms with E-state index in [1.807, 2.05) is 12.1 Å². The van der Waals surface area contributed by atoms with Crippen LogP contribution < -0.4 is 14.8 Å². The molecule has 2 aromatic rings. The number of halogens is 2. The molecule has 3 nitrogen and oxygen atoms in total. The Balaban J connectivity index is 0.00000261. The highest BCUT2D eigenvalue weighted by molar-refractivity contribution is 6.32. The maximum absolute atomic E-state index is 6.49. The largest absolute Gasteiger partial charge is 0.493 e. The van der Waals surface area contributed by atoms with Crippen molar-refractivity contribution in [3.8, 4) is 11.5 Å². The van der Waals surface area contributed by atoms with Crippen LogP contribution in [0.15, 0.2) is 36.4 Å². The molecule has 0 heterocycles. The summed E-state index contributed by atoms with van der Waals surface area (Å²) in [4.78, 5) is 0. The van der Waals surface area contributed by atoms with E-state index in [0.717, 1.165) is 17.7 Å². The van der Waals surface area contributed by atoms with Gasteiger partial charge in [0, 0.05) is 12.6 Å². The highest BCUT2D eigenvalue weighted by atomic mass is 35.5. The van der Waals surface area contributed by atoms with Crippen LogP contribution in [0.4, 0.5) is 0 Å². The van der Waals surface area contributed by atoms with Crippen LogP contribution in [-0.2, 0) is 13.2 Å². The van der Waals surface area contributed by atoms with Crippen molar-refractivity contribution in [3.63, 3.8) is 0 Å². The zero-order chi connectivity index (χ0) is 18.4. The van der Waals surface area contributed by atoms with Gasteiger partial charge in [0.25, 0.3) is 0 Å². The standard InChI is InChI=1S/C22H28ClNO2.ClH/c1-16-8-10-17(11-9-16)15-26-22-20(23)12-18(13-21(22)25-2)14-24-19-6-4-3-5-7-19;/h8-13,19,24H,3-7,14-15H2,1-2H3;1H. The van der Waals surface area contributed by atoms with Crippen molar-refractivity contribution in [1.29, 1.82) is 0 Å². The predicted molar refractivity (Wildman–Crippen MR) is 114 cm³/mol. The van der Waals surface area contributed by atoms with Crippen LogP contribution in [0.2, 0.25) is 5.02 Å². The second-order valence-electron chi connectivity index (χ2n) is 7.10. The Hall–Kier alpha value is -1.42. The summed E-state index contributed by atoms with van der Waals surface area (Å²) in [6.45, 7) is 3.35. The number of benzene rings is 2. The maximum Gasteiger partial charge on any atom is 0.180 e. The Morgan fingerprint density at radius 3 is 2.41 bits per heavy atom. The fourth-order valence-electron chi connectivity index (χ4n) is 3.42. The van der Waals surface area contributed by atoms with Gasteiger partial charge in [-0.3, -0.25) is 0 Å². The lowest BCUT2D eigenvalue weighted by atomic mass is 9.95. The van der Waals surface area contributed by atoms with Crippen LogP contribution in [0, 0.1) is 6.92 Å². The van der Waals surface area contributed by atoms with Gasteiger partial charge in [-0.25, -0.2) is 0 Å². The molecule has 1 saturated carbocycles. The first-order chi connectivity index (χ1) is 12.7. The first kappa shape index (κ1) is 21.9. The molecule has 1 fully saturated rings. The van der Waals surface area contributed by atoms with E-state index in [-0.39, 0.29) is 12.4 Å².